The van der Waals surface area contributed by atoms with Crippen molar-refractivity contribution in [2.24, 2.45) is 0 Å². The van der Waals surface area contributed by atoms with E-state index in [4.69, 9.17) is 19.4 Å². The van der Waals surface area contributed by atoms with Gasteiger partial charge in [0.05, 0.1) is 4.70 Å². The van der Waals surface area contributed by atoms with Gasteiger partial charge in [-0.3, -0.25) is 0 Å². The Morgan fingerprint density at radius 2 is 0.919 bits per heavy atom. The smallest absolute Gasteiger partial charge is 0.165 e. The summed E-state index contributed by atoms with van der Waals surface area (Å²) >= 11 is 1.76. The van der Waals surface area contributed by atoms with Gasteiger partial charge in [0, 0.05) is 42.9 Å². The molecule has 0 N–H and O–H groups in total. The summed E-state index contributed by atoms with van der Waals surface area (Å²) in [6.45, 7) is 0. The maximum absolute atomic E-state index is 6.65. The quantitative estimate of drug-likeness (QED) is 0.163. The number of hydrogen-bond donors (Lipinski definition) is 0. The van der Waals surface area contributed by atoms with Gasteiger partial charge in [0.2, 0.25) is 0 Å². The molecule has 13 rings (SSSR count). The first-order valence-corrected chi connectivity index (χ1v) is 21.7. The van der Waals surface area contributed by atoms with Gasteiger partial charge < -0.3 is 4.42 Å². The van der Waals surface area contributed by atoms with Crippen LogP contribution < -0.4 is 0 Å². The molecule has 0 unspecified atom stereocenters. The molecule has 0 bridgehead atoms. The number of benzene rings is 10. The van der Waals surface area contributed by atoms with Crippen molar-refractivity contribution in [3.63, 3.8) is 0 Å². The Kier molecular flexibility index (Phi) is 7.74. The molecule has 13 aromatic rings. The van der Waals surface area contributed by atoms with Gasteiger partial charge in [-0.15, -0.1) is 11.3 Å². The highest BCUT2D eigenvalue weighted by atomic mass is 32.1. The summed E-state index contributed by atoms with van der Waals surface area (Å²) in [6.07, 6.45) is 0. The second kappa shape index (κ2) is 13.8. The van der Waals surface area contributed by atoms with E-state index in [1.54, 1.807) is 11.3 Å². The summed E-state index contributed by atoms with van der Waals surface area (Å²) in [5.74, 6) is 1.88. The van der Waals surface area contributed by atoms with Crippen molar-refractivity contribution in [2.75, 3.05) is 0 Å². The Balaban J connectivity index is 1.06. The Morgan fingerprint density at radius 3 is 1.68 bits per heavy atom. The van der Waals surface area contributed by atoms with Crippen LogP contribution >= 0.6 is 11.3 Å². The molecule has 0 spiro atoms. The molecule has 0 atom stereocenters. The molecule has 0 fully saturated rings. The van der Waals surface area contributed by atoms with Crippen molar-refractivity contribution in [3.05, 3.63) is 200 Å². The van der Waals surface area contributed by atoms with Gasteiger partial charge in [-0.05, 0) is 78.8 Å². The van der Waals surface area contributed by atoms with E-state index in [1.807, 2.05) is 30.3 Å². The minimum absolute atomic E-state index is 0.624. The summed E-state index contributed by atoms with van der Waals surface area (Å²) in [4.78, 5) is 16.2. The normalized spacial score (nSPS) is 11.9. The Bertz CT molecular complexity index is 3870. The van der Waals surface area contributed by atoms with Crippen LogP contribution in [-0.2, 0) is 0 Å². The fraction of sp³-hybridized carbons (Fsp3) is 0. The van der Waals surface area contributed by atoms with Crippen molar-refractivity contribution in [3.8, 4) is 56.4 Å². The summed E-state index contributed by atoms with van der Waals surface area (Å²) < 4.78 is 8.93. The Hall–Kier alpha value is -7.99. The zero-order valence-electron chi connectivity index (χ0n) is 33.2. The number of fused-ring (bicyclic) bond motifs is 10. The maximum Gasteiger partial charge on any atom is 0.165 e. The van der Waals surface area contributed by atoms with Crippen LogP contribution in [-0.4, -0.2) is 15.0 Å². The van der Waals surface area contributed by atoms with E-state index in [0.717, 1.165) is 81.2 Å². The topological polar surface area (TPSA) is 51.8 Å². The molecule has 62 heavy (non-hydrogen) atoms. The number of hydrogen-bond acceptors (Lipinski definition) is 5. The highest BCUT2D eigenvalue weighted by Crippen LogP contribution is 2.48. The van der Waals surface area contributed by atoms with Crippen LogP contribution in [0.1, 0.15) is 0 Å². The van der Waals surface area contributed by atoms with Gasteiger partial charge in [-0.25, -0.2) is 15.0 Å². The number of nitrogens with zero attached hydrogens (tertiary/aromatic N) is 3. The van der Waals surface area contributed by atoms with Crippen molar-refractivity contribution in [1.29, 1.82) is 0 Å². The molecule has 3 aromatic heterocycles. The lowest BCUT2D eigenvalue weighted by Gasteiger charge is -2.18. The number of aromatic nitrogens is 3. The highest BCUT2D eigenvalue weighted by molar-refractivity contribution is 7.26. The van der Waals surface area contributed by atoms with Crippen molar-refractivity contribution in [2.45, 2.75) is 0 Å². The number of furan rings is 1. The molecule has 3 heterocycles. The lowest BCUT2D eigenvalue weighted by molar-refractivity contribution is 0.673. The van der Waals surface area contributed by atoms with E-state index < -0.39 is 0 Å². The summed E-state index contributed by atoms with van der Waals surface area (Å²) in [5, 5.41) is 11.3. The molecule has 0 saturated carbocycles. The van der Waals surface area contributed by atoms with Crippen molar-refractivity contribution in [1.82, 2.24) is 15.0 Å². The van der Waals surface area contributed by atoms with Crippen LogP contribution in [0.4, 0.5) is 0 Å². The third kappa shape index (κ3) is 5.42. The molecule has 0 aliphatic heterocycles. The number of thiophene rings is 1. The lowest BCUT2D eigenvalue weighted by atomic mass is 9.87. The zero-order valence-corrected chi connectivity index (χ0v) is 34.0. The van der Waals surface area contributed by atoms with Crippen LogP contribution in [0, 0.1) is 0 Å². The van der Waals surface area contributed by atoms with Gasteiger partial charge in [0.1, 0.15) is 11.2 Å². The van der Waals surface area contributed by atoms with Gasteiger partial charge >= 0.3 is 0 Å². The van der Waals surface area contributed by atoms with E-state index in [1.165, 1.54) is 32.2 Å². The van der Waals surface area contributed by atoms with Gasteiger partial charge in [0.25, 0.3) is 0 Å². The molecule has 10 aromatic carbocycles. The molecule has 0 amide bonds. The second-order valence-electron chi connectivity index (χ2n) is 15.9. The number of para-hydroxylation sites is 1. The van der Waals surface area contributed by atoms with E-state index in [9.17, 15) is 0 Å². The fourth-order valence-electron chi connectivity index (χ4n) is 9.43. The molecular weight excluding hydrogens is 775 g/mol. The van der Waals surface area contributed by atoms with Crippen LogP contribution in [0.3, 0.4) is 0 Å². The molecular formula is C57H33N3OS. The molecule has 0 aliphatic rings. The van der Waals surface area contributed by atoms with Crippen LogP contribution in [0.2, 0.25) is 0 Å². The summed E-state index contributed by atoms with van der Waals surface area (Å²) in [5.41, 5.74) is 9.34. The first-order valence-electron chi connectivity index (χ1n) is 20.8. The first-order chi connectivity index (χ1) is 30.7. The predicted molar refractivity (Wildman–Crippen MR) is 260 cm³/mol. The molecule has 4 nitrogen and oxygen atoms in total. The molecule has 0 radical (unpaired) electrons. The molecule has 0 aliphatic carbocycles. The highest BCUT2D eigenvalue weighted by Gasteiger charge is 2.24. The van der Waals surface area contributed by atoms with E-state index in [-0.39, 0.29) is 0 Å². The first kappa shape index (κ1) is 34.8. The minimum Gasteiger partial charge on any atom is -0.455 e. The van der Waals surface area contributed by atoms with E-state index in [2.05, 4.69) is 170 Å². The summed E-state index contributed by atoms with van der Waals surface area (Å²) in [6, 6.07) is 71.0. The average Bonchev–Trinajstić information content (AvgIpc) is 3.92. The maximum atomic E-state index is 6.65. The third-order valence-corrected chi connectivity index (χ3v) is 13.5. The lowest BCUT2D eigenvalue weighted by Crippen LogP contribution is -2.02. The van der Waals surface area contributed by atoms with Crippen molar-refractivity contribution < 1.29 is 4.42 Å². The van der Waals surface area contributed by atoms with Gasteiger partial charge in [-0.1, -0.05) is 176 Å². The second-order valence-corrected chi connectivity index (χ2v) is 16.9. The Labute approximate surface area is 360 Å². The largest absolute Gasteiger partial charge is 0.455 e. The monoisotopic (exact) mass is 807 g/mol. The van der Waals surface area contributed by atoms with Crippen LogP contribution in [0.25, 0.3) is 131 Å². The zero-order chi connectivity index (χ0) is 40.7. The van der Waals surface area contributed by atoms with Gasteiger partial charge in [-0.2, -0.15) is 0 Å². The van der Waals surface area contributed by atoms with Gasteiger partial charge in [0.15, 0.2) is 17.5 Å². The van der Waals surface area contributed by atoms with E-state index >= 15 is 0 Å². The predicted octanol–water partition coefficient (Wildman–Crippen LogP) is 15.9. The standard InChI is InChI=1S/C57H33N3OS/c1-2-15-37(16-3-1)55-58-56(47-33-46-40-18-10-12-24-48(40)61-53(46)52-45-23-11-13-25-49(45)62-54(47)52)60-57(59-55)51-43-21-8-6-19-41(43)50(42-20-7-9-22-44(42)51)36-29-26-35(27-30-36)39-31-28-34-14-4-5-17-38(34)32-39/h1-33H. The van der Waals surface area contributed by atoms with Crippen LogP contribution in [0.5, 0.6) is 0 Å². The SMILES string of the molecule is c1ccc(-c2nc(-c3c4ccccc4c(-c4ccc(-c5ccc6ccccc6c5)cc4)c4ccccc34)nc(-c3cc4c5ccccc5oc4c4c3sc3ccccc34)n2)cc1. The van der Waals surface area contributed by atoms with Crippen LogP contribution in [0.15, 0.2) is 205 Å². The third-order valence-electron chi connectivity index (χ3n) is 12.3. The van der Waals surface area contributed by atoms with Crippen molar-refractivity contribution >= 4 is 85.8 Å². The minimum atomic E-state index is 0.624. The molecule has 288 valence electrons. The Morgan fingerprint density at radius 1 is 0.355 bits per heavy atom. The number of rotatable bonds is 5. The van der Waals surface area contributed by atoms with E-state index in [0.29, 0.717) is 17.5 Å². The summed E-state index contributed by atoms with van der Waals surface area (Å²) in [7, 11) is 0. The molecule has 0 saturated heterocycles. The fourth-order valence-corrected chi connectivity index (χ4v) is 10.6. The average molecular weight is 808 g/mol. The molecule has 5 heteroatoms.